The second-order valence-electron chi connectivity index (χ2n) is 3.66. The molecule has 0 radical (unpaired) electrons. The summed E-state index contributed by atoms with van der Waals surface area (Å²) in [6.07, 6.45) is 1.24. The Balaban J connectivity index is 3.07. The van der Waals surface area contributed by atoms with E-state index in [1.807, 2.05) is 0 Å². The summed E-state index contributed by atoms with van der Waals surface area (Å²) in [4.78, 5) is 0. The average molecular weight is 146 g/mol. The first-order valence-electron chi connectivity index (χ1n) is 3.55. The Labute approximate surface area is 59.4 Å². The van der Waals surface area contributed by atoms with Crippen molar-refractivity contribution in [2.45, 2.75) is 32.1 Å². The molecule has 0 aromatic rings. The molecule has 0 saturated carbocycles. The Bertz CT molecular complexity index is 65.8. The van der Waals surface area contributed by atoms with E-state index in [9.17, 15) is 0 Å². The molecule has 0 aliphatic rings. The second-order valence-corrected chi connectivity index (χ2v) is 9.28. The maximum Gasteiger partial charge on any atom is 0.0459 e. The van der Waals surface area contributed by atoms with Gasteiger partial charge in [-0.3, -0.25) is 0 Å². The lowest BCUT2D eigenvalue weighted by molar-refractivity contribution is 0.199. The smallest absolute Gasteiger partial charge is 0.0459 e. The monoisotopic (exact) mass is 146 g/mol. The molecule has 1 nitrogen and oxygen atoms in total. The van der Waals surface area contributed by atoms with Crippen molar-refractivity contribution in [2.75, 3.05) is 13.7 Å². The van der Waals surface area contributed by atoms with E-state index in [4.69, 9.17) is 4.74 Å². The molecule has 0 bridgehead atoms. The molecule has 0 spiro atoms. The summed E-state index contributed by atoms with van der Waals surface area (Å²) < 4.78 is 4.96. The minimum absolute atomic E-state index is 0.774. The van der Waals surface area contributed by atoms with Crippen LogP contribution in [0.15, 0.2) is 0 Å². The van der Waals surface area contributed by atoms with Gasteiger partial charge in [-0.05, 0) is 6.42 Å². The first kappa shape index (κ1) is 9.18. The van der Waals surface area contributed by atoms with Gasteiger partial charge in [0, 0.05) is 21.8 Å². The predicted octanol–water partition coefficient (Wildman–Crippen LogP) is 2.36. The van der Waals surface area contributed by atoms with Crippen molar-refractivity contribution < 1.29 is 4.74 Å². The molecule has 0 fully saturated rings. The fourth-order valence-electron chi connectivity index (χ4n) is 0.747. The zero-order valence-corrected chi connectivity index (χ0v) is 8.03. The van der Waals surface area contributed by atoms with Crippen molar-refractivity contribution in [3.8, 4) is 0 Å². The second kappa shape index (κ2) is 4.07. The van der Waals surface area contributed by atoms with Crippen LogP contribution < -0.4 is 0 Å². The van der Waals surface area contributed by atoms with Crippen LogP contribution in [0.1, 0.15) is 6.42 Å². The van der Waals surface area contributed by atoms with Crippen molar-refractivity contribution >= 4 is 8.07 Å². The van der Waals surface area contributed by atoms with Crippen LogP contribution in [-0.2, 0) is 4.74 Å². The van der Waals surface area contributed by atoms with E-state index in [2.05, 4.69) is 19.6 Å². The van der Waals surface area contributed by atoms with Gasteiger partial charge < -0.3 is 4.74 Å². The van der Waals surface area contributed by atoms with Gasteiger partial charge in [0.25, 0.3) is 0 Å². The zero-order chi connectivity index (χ0) is 7.33. The summed E-state index contributed by atoms with van der Waals surface area (Å²) in [5.74, 6) is 0. The number of hydrogen-bond acceptors (Lipinski definition) is 1. The molecule has 0 aromatic heterocycles. The van der Waals surface area contributed by atoms with E-state index in [-0.39, 0.29) is 0 Å². The van der Waals surface area contributed by atoms with Gasteiger partial charge in [-0.2, -0.15) is 0 Å². The highest BCUT2D eigenvalue weighted by Gasteiger charge is 2.10. The van der Waals surface area contributed by atoms with Crippen LogP contribution in [0.5, 0.6) is 0 Å². The van der Waals surface area contributed by atoms with Gasteiger partial charge in [-0.15, -0.1) is 0 Å². The Kier molecular flexibility index (Phi) is 4.15. The van der Waals surface area contributed by atoms with Gasteiger partial charge >= 0.3 is 0 Å². The third-order valence-corrected chi connectivity index (χ3v) is 3.13. The number of ether oxygens (including phenoxy) is 1. The van der Waals surface area contributed by atoms with Gasteiger partial charge in [0.05, 0.1) is 0 Å². The Morgan fingerprint density at radius 1 is 1.22 bits per heavy atom. The molecule has 56 valence electrons. The fourth-order valence-corrected chi connectivity index (χ4v) is 1.95. The molecule has 0 amide bonds. The molecule has 0 unspecified atom stereocenters. The van der Waals surface area contributed by atoms with Crippen molar-refractivity contribution in [2.24, 2.45) is 0 Å². The van der Waals surface area contributed by atoms with Crippen molar-refractivity contribution in [3.05, 3.63) is 0 Å². The third kappa shape index (κ3) is 8.18. The van der Waals surface area contributed by atoms with Gasteiger partial charge in [0.15, 0.2) is 0 Å². The van der Waals surface area contributed by atoms with Crippen LogP contribution in [0, 0.1) is 0 Å². The standard InChI is InChI=1S/C7H18OSi/c1-8-6-5-7-9(2,3)4/h5-7H2,1-4H3. The van der Waals surface area contributed by atoms with E-state index in [0.29, 0.717) is 0 Å². The summed E-state index contributed by atoms with van der Waals surface area (Å²) in [5, 5.41) is 0. The highest BCUT2D eigenvalue weighted by Crippen LogP contribution is 2.10. The van der Waals surface area contributed by atoms with Gasteiger partial charge in [-0.25, -0.2) is 0 Å². The largest absolute Gasteiger partial charge is 0.385 e. The molecule has 2 heteroatoms. The van der Waals surface area contributed by atoms with E-state index >= 15 is 0 Å². The van der Waals surface area contributed by atoms with Crippen LogP contribution in [0.3, 0.4) is 0 Å². The Morgan fingerprint density at radius 2 is 1.78 bits per heavy atom. The SMILES string of the molecule is COCCC[Si](C)(C)C. The summed E-state index contributed by atoms with van der Waals surface area (Å²) in [6.45, 7) is 8.11. The highest BCUT2D eigenvalue weighted by atomic mass is 28.3. The molecule has 0 heterocycles. The molecule has 0 rings (SSSR count). The lowest BCUT2D eigenvalue weighted by atomic mass is 10.5. The minimum atomic E-state index is -0.774. The summed E-state index contributed by atoms with van der Waals surface area (Å²) in [6, 6.07) is 1.39. The quantitative estimate of drug-likeness (QED) is 0.437. The van der Waals surface area contributed by atoms with E-state index in [1.54, 1.807) is 7.11 Å². The number of rotatable bonds is 4. The molecule has 0 aliphatic carbocycles. The summed E-state index contributed by atoms with van der Waals surface area (Å²) in [7, 11) is 0.994. The first-order valence-corrected chi connectivity index (χ1v) is 7.26. The Hall–Kier alpha value is 0.177. The van der Waals surface area contributed by atoms with E-state index in [1.165, 1.54) is 12.5 Å². The first-order chi connectivity index (χ1) is 4.06. The molecule has 0 atom stereocenters. The predicted molar refractivity (Wildman–Crippen MR) is 44.6 cm³/mol. The molecular weight excluding hydrogens is 128 g/mol. The molecule has 0 aromatic carbocycles. The maximum atomic E-state index is 4.96. The van der Waals surface area contributed by atoms with E-state index in [0.717, 1.165) is 6.61 Å². The molecule has 0 aliphatic heterocycles. The van der Waals surface area contributed by atoms with Crippen molar-refractivity contribution in [1.82, 2.24) is 0 Å². The Morgan fingerprint density at radius 3 is 2.11 bits per heavy atom. The van der Waals surface area contributed by atoms with Crippen LogP contribution >= 0.6 is 0 Å². The lowest BCUT2D eigenvalue weighted by Gasteiger charge is -2.14. The number of hydrogen-bond donors (Lipinski definition) is 0. The average Bonchev–Trinajstić information content (AvgIpc) is 1.63. The van der Waals surface area contributed by atoms with Crippen LogP contribution in [0.25, 0.3) is 0 Å². The molecule has 0 N–H and O–H groups in total. The molecule has 0 saturated heterocycles. The minimum Gasteiger partial charge on any atom is -0.385 e. The van der Waals surface area contributed by atoms with Crippen molar-refractivity contribution in [3.63, 3.8) is 0 Å². The van der Waals surface area contributed by atoms with Gasteiger partial charge in [0.2, 0.25) is 0 Å². The topological polar surface area (TPSA) is 9.23 Å². The normalized spacial score (nSPS) is 12.0. The summed E-state index contributed by atoms with van der Waals surface area (Å²) >= 11 is 0. The van der Waals surface area contributed by atoms with E-state index < -0.39 is 8.07 Å². The lowest BCUT2D eigenvalue weighted by Crippen LogP contribution is -2.19. The molecule has 9 heavy (non-hydrogen) atoms. The fraction of sp³-hybridized carbons (Fsp3) is 1.00. The number of methoxy groups -OCH3 is 1. The van der Waals surface area contributed by atoms with Gasteiger partial charge in [-0.1, -0.05) is 25.7 Å². The van der Waals surface area contributed by atoms with Gasteiger partial charge in [0.1, 0.15) is 0 Å². The summed E-state index contributed by atoms with van der Waals surface area (Å²) in [5.41, 5.74) is 0. The highest BCUT2D eigenvalue weighted by molar-refractivity contribution is 6.76. The maximum absolute atomic E-state index is 4.96. The van der Waals surface area contributed by atoms with Crippen LogP contribution in [0.2, 0.25) is 25.7 Å². The van der Waals surface area contributed by atoms with Crippen LogP contribution in [0.4, 0.5) is 0 Å². The zero-order valence-electron chi connectivity index (χ0n) is 7.03. The molecular formula is C7H18OSi. The van der Waals surface area contributed by atoms with Crippen LogP contribution in [-0.4, -0.2) is 21.8 Å². The third-order valence-electron chi connectivity index (χ3n) is 1.28. The van der Waals surface area contributed by atoms with Crippen molar-refractivity contribution in [1.29, 1.82) is 0 Å².